The molecule has 0 amide bonds. The predicted octanol–water partition coefficient (Wildman–Crippen LogP) is 3.45. The third kappa shape index (κ3) is 2.33. The molecule has 18 heavy (non-hydrogen) atoms. The van der Waals surface area contributed by atoms with E-state index in [0.717, 1.165) is 23.0 Å². The lowest BCUT2D eigenvalue weighted by atomic mass is 9.96. The van der Waals surface area contributed by atoms with E-state index in [2.05, 4.69) is 6.58 Å². The maximum absolute atomic E-state index is 10.8. The zero-order chi connectivity index (χ0) is 13.1. The number of hydrogen-bond donors (Lipinski definition) is 1. The molecule has 2 aromatic rings. The van der Waals surface area contributed by atoms with Gasteiger partial charge in [0.15, 0.2) is 0 Å². The van der Waals surface area contributed by atoms with Crippen molar-refractivity contribution < 1.29 is 4.79 Å². The van der Waals surface area contributed by atoms with Crippen molar-refractivity contribution in [3.05, 3.63) is 71.3 Å². The van der Waals surface area contributed by atoms with Crippen LogP contribution in [0.4, 0.5) is 5.69 Å². The number of benzene rings is 2. The Morgan fingerprint density at radius 2 is 1.83 bits per heavy atom. The van der Waals surface area contributed by atoms with E-state index in [1.54, 1.807) is 18.2 Å². The molecule has 0 unspecified atom stereocenters. The highest BCUT2D eigenvalue weighted by Gasteiger charge is 2.07. The molecule has 0 aromatic heterocycles. The van der Waals surface area contributed by atoms with E-state index >= 15 is 0 Å². The molecule has 90 valence electrons. The summed E-state index contributed by atoms with van der Waals surface area (Å²) in [5, 5.41) is 0. The number of nitrogen functional groups attached to an aromatic ring is 1. The van der Waals surface area contributed by atoms with Crippen molar-refractivity contribution in [3.8, 4) is 0 Å². The van der Waals surface area contributed by atoms with E-state index < -0.39 is 0 Å². The molecule has 0 bridgehead atoms. The van der Waals surface area contributed by atoms with Crippen LogP contribution in [0.2, 0.25) is 0 Å². The third-order valence-corrected chi connectivity index (χ3v) is 2.94. The highest BCUT2D eigenvalue weighted by atomic mass is 16.1. The van der Waals surface area contributed by atoms with Gasteiger partial charge in [0, 0.05) is 16.8 Å². The van der Waals surface area contributed by atoms with Crippen LogP contribution in [0.1, 0.15) is 27.0 Å². The molecule has 0 aliphatic carbocycles. The van der Waals surface area contributed by atoms with Gasteiger partial charge in [-0.15, -0.1) is 0 Å². The predicted molar refractivity (Wildman–Crippen MR) is 75.6 cm³/mol. The summed E-state index contributed by atoms with van der Waals surface area (Å²) in [7, 11) is 0. The van der Waals surface area contributed by atoms with Crippen LogP contribution >= 0.6 is 0 Å². The Hall–Kier alpha value is -2.35. The molecule has 2 rings (SSSR count). The van der Waals surface area contributed by atoms with Crippen LogP contribution in [-0.2, 0) is 0 Å². The molecule has 2 nitrogen and oxygen atoms in total. The van der Waals surface area contributed by atoms with Crippen molar-refractivity contribution in [2.24, 2.45) is 0 Å². The summed E-state index contributed by atoms with van der Waals surface area (Å²) >= 11 is 0. The normalized spacial score (nSPS) is 10.1. The van der Waals surface area contributed by atoms with Gasteiger partial charge in [0.2, 0.25) is 0 Å². The second-order valence-electron chi connectivity index (χ2n) is 4.31. The maximum atomic E-state index is 10.8. The van der Waals surface area contributed by atoms with Crippen molar-refractivity contribution in [1.82, 2.24) is 0 Å². The number of carbonyl (C=O) groups is 1. The fourth-order valence-electron chi connectivity index (χ4n) is 1.82. The van der Waals surface area contributed by atoms with Crippen LogP contribution in [0.3, 0.4) is 0 Å². The minimum absolute atomic E-state index is 0.604. The Morgan fingerprint density at radius 3 is 2.44 bits per heavy atom. The molecule has 0 fully saturated rings. The number of rotatable bonds is 3. The Bertz CT molecular complexity index is 597. The van der Waals surface area contributed by atoms with E-state index in [1.807, 2.05) is 31.2 Å². The molecule has 0 spiro atoms. The van der Waals surface area contributed by atoms with Crippen molar-refractivity contribution in [2.45, 2.75) is 6.92 Å². The first-order chi connectivity index (χ1) is 8.61. The average molecular weight is 237 g/mol. The summed E-state index contributed by atoms with van der Waals surface area (Å²) in [6.45, 7) is 6.10. The summed E-state index contributed by atoms with van der Waals surface area (Å²) in [6.07, 6.45) is 0.811. The molecule has 2 heteroatoms. The molecule has 0 saturated heterocycles. The minimum Gasteiger partial charge on any atom is -0.398 e. The van der Waals surface area contributed by atoms with Crippen LogP contribution in [0.5, 0.6) is 0 Å². The zero-order valence-corrected chi connectivity index (χ0v) is 10.3. The molecule has 2 N–H and O–H groups in total. The van der Waals surface area contributed by atoms with Gasteiger partial charge >= 0.3 is 0 Å². The molecular formula is C16H15NO. The van der Waals surface area contributed by atoms with E-state index in [1.165, 1.54) is 5.56 Å². The summed E-state index contributed by atoms with van der Waals surface area (Å²) in [5.74, 6) is 0. The number of carbonyl (C=O) groups excluding carboxylic acids is 1. The Balaban J connectivity index is 2.45. The lowest BCUT2D eigenvalue weighted by Gasteiger charge is -2.10. The largest absolute Gasteiger partial charge is 0.398 e. The van der Waals surface area contributed by atoms with Crippen molar-refractivity contribution >= 4 is 17.5 Å². The SMILES string of the molecule is C=C(c1ccc(C)cc1)c1cc(C=O)ccc1N. The molecule has 0 saturated carbocycles. The molecule has 0 aliphatic rings. The summed E-state index contributed by atoms with van der Waals surface area (Å²) in [5.41, 5.74) is 11.0. The smallest absolute Gasteiger partial charge is 0.150 e. The Morgan fingerprint density at radius 1 is 1.17 bits per heavy atom. The van der Waals surface area contributed by atoms with Gasteiger partial charge in [-0.3, -0.25) is 4.79 Å². The summed E-state index contributed by atoms with van der Waals surface area (Å²) < 4.78 is 0. The zero-order valence-electron chi connectivity index (χ0n) is 10.3. The van der Waals surface area contributed by atoms with Crippen molar-refractivity contribution in [1.29, 1.82) is 0 Å². The second kappa shape index (κ2) is 4.88. The first-order valence-electron chi connectivity index (χ1n) is 5.73. The number of aryl methyl sites for hydroxylation is 1. The third-order valence-electron chi connectivity index (χ3n) is 2.94. The van der Waals surface area contributed by atoms with Gasteiger partial charge in [0.1, 0.15) is 6.29 Å². The van der Waals surface area contributed by atoms with Gasteiger partial charge in [0.25, 0.3) is 0 Å². The molecule has 0 atom stereocenters. The highest BCUT2D eigenvalue weighted by Crippen LogP contribution is 2.27. The molecular weight excluding hydrogens is 222 g/mol. The number of aldehydes is 1. The average Bonchev–Trinajstić information content (AvgIpc) is 2.39. The number of nitrogens with two attached hydrogens (primary N) is 1. The Labute approximate surface area is 107 Å². The lowest BCUT2D eigenvalue weighted by molar-refractivity contribution is 0.112. The molecule has 0 aliphatic heterocycles. The van der Waals surface area contributed by atoms with Crippen LogP contribution in [0.25, 0.3) is 5.57 Å². The first kappa shape index (κ1) is 12.1. The van der Waals surface area contributed by atoms with Gasteiger partial charge in [-0.25, -0.2) is 0 Å². The fourth-order valence-corrected chi connectivity index (χ4v) is 1.82. The molecule has 0 radical (unpaired) electrons. The van der Waals surface area contributed by atoms with Crippen LogP contribution in [0, 0.1) is 6.92 Å². The topological polar surface area (TPSA) is 43.1 Å². The van der Waals surface area contributed by atoms with Crippen LogP contribution < -0.4 is 5.73 Å². The van der Waals surface area contributed by atoms with Gasteiger partial charge in [0.05, 0.1) is 0 Å². The number of hydrogen-bond acceptors (Lipinski definition) is 2. The Kier molecular flexibility index (Phi) is 3.28. The van der Waals surface area contributed by atoms with Crippen molar-refractivity contribution in [3.63, 3.8) is 0 Å². The van der Waals surface area contributed by atoms with E-state index in [9.17, 15) is 4.79 Å². The van der Waals surface area contributed by atoms with Gasteiger partial charge in [-0.05, 0) is 36.3 Å². The quantitative estimate of drug-likeness (QED) is 0.656. The second-order valence-corrected chi connectivity index (χ2v) is 4.31. The maximum Gasteiger partial charge on any atom is 0.150 e. The van der Waals surface area contributed by atoms with E-state index in [4.69, 9.17) is 5.73 Å². The standard InChI is InChI=1S/C16H15NO/c1-11-3-6-14(7-4-11)12(2)15-9-13(10-18)5-8-16(15)17/h3-10H,2,17H2,1H3. The summed E-state index contributed by atoms with van der Waals surface area (Å²) in [4.78, 5) is 10.8. The first-order valence-corrected chi connectivity index (χ1v) is 5.73. The lowest BCUT2D eigenvalue weighted by Crippen LogP contribution is -1.96. The summed E-state index contributed by atoms with van der Waals surface area (Å²) in [6, 6.07) is 13.3. The molecule has 0 heterocycles. The van der Waals surface area contributed by atoms with E-state index in [-0.39, 0.29) is 0 Å². The van der Waals surface area contributed by atoms with E-state index in [0.29, 0.717) is 11.3 Å². The number of anilines is 1. The van der Waals surface area contributed by atoms with Gasteiger partial charge in [-0.1, -0.05) is 36.4 Å². The highest BCUT2D eigenvalue weighted by molar-refractivity contribution is 5.87. The van der Waals surface area contributed by atoms with Gasteiger partial charge in [-0.2, -0.15) is 0 Å². The molecule has 2 aromatic carbocycles. The van der Waals surface area contributed by atoms with Crippen LogP contribution in [-0.4, -0.2) is 6.29 Å². The van der Waals surface area contributed by atoms with Gasteiger partial charge < -0.3 is 5.73 Å². The fraction of sp³-hybridized carbons (Fsp3) is 0.0625. The minimum atomic E-state index is 0.604. The van der Waals surface area contributed by atoms with Crippen molar-refractivity contribution in [2.75, 3.05) is 5.73 Å². The monoisotopic (exact) mass is 237 g/mol. The van der Waals surface area contributed by atoms with Crippen LogP contribution in [0.15, 0.2) is 49.0 Å².